The molecule has 28 heavy (non-hydrogen) atoms. The molecule has 0 amide bonds. The van der Waals surface area contributed by atoms with Gasteiger partial charge in [-0.15, -0.1) is 5.10 Å². The molecule has 0 fully saturated rings. The number of phenolic OH excluding ortho intramolecular Hbond substituents is 1. The fraction of sp³-hybridized carbons (Fsp3) is 0. The van der Waals surface area contributed by atoms with Gasteiger partial charge >= 0.3 is 5.69 Å². The Labute approximate surface area is 160 Å². The summed E-state index contributed by atoms with van der Waals surface area (Å²) in [5, 5.41) is 28.4. The second-order valence-electron chi connectivity index (χ2n) is 5.76. The Morgan fingerprint density at radius 1 is 0.929 bits per heavy atom. The van der Waals surface area contributed by atoms with E-state index < -0.39 is 16.4 Å². The Morgan fingerprint density at radius 2 is 1.54 bits per heavy atom. The van der Waals surface area contributed by atoms with Crippen LogP contribution in [0.4, 0.5) is 5.69 Å². The maximum absolute atomic E-state index is 12.8. The average molecular weight is 373 g/mol. The highest BCUT2D eigenvalue weighted by Gasteiger charge is 2.16. The SMILES string of the molecule is O=C(C(=NN=Cc1ccc(O)c([N+](=O)[O-])c1)c1ccccc1)c1ccccc1. The zero-order valence-electron chi connectivity index (χ0n) is 14.6. The number of nitro groups is 1. The molecule has 0 bridgehead atoms. The lowest BCUT2D eigenvalue weighted by atomic mass is 10.0. The summed E-state index contributed by atoms with van der Waals surface area (Å²) in [5.74, 6) is -0.726. The van der Waals surface area contributed by atoms with Crippen LogP contribution in [-0.2, 0) is 0 Å². The molecule has 138 valence electrons. The van der Waals surface area contributed by atoms with Crippen LogP contribution in [0.15, 0.2) is 89.1 Å². The van der Waals surface area contributed by atoms with Crippen molar-refractivity contribution in [1.29, 1.82) is 0 Å². The Bertz CT molecular complexity index is 1060. The fourth-order valence-corrected chi connectivity index (χ4v) is 2.48. The van der Waals surface area contributed by atoms with Gasteiger partial charge in [0.25, 0.3) is 0 Å². The molecule has 3 aromatic rings. The van der Waals surface area contributed by atoms with E-state index in [2.05, 4.69) is 10.2 Å². The monoisotopic (exact) mass is 373 g/mol. The van der Waals surface area contributed by atoms with E-state index in [4.69, 9.17) is 0 Å². The molecule has 0 spiro atoms. The van der Waals surface area contributed by atoms with Crippen LogP contribution in [-0.4, -0.2) is 27.7 Å². The molecule has 3 aromatic carbocycles. The molecule has 0 heterocycles. The standard InChI is InChI=1S/C21H15N3O4/c25-19-12-11-15(13-18(19)24(27)28)14-22-23-20(16-7-3-1-4-8-16)21(26)17-9-5-2-6-10-17/h1-14,25H. The molecule has 0 saturated carbocycles. The van der Waals surface area contributed by atoms with E-state index in [9.17, 15) is 20.0 Å². The first kappa shape index (κ1) is 18.7. The summed E-state index contributed by atoms with van der Waals surface area (Å²) in [4.78, 5) is 23.1. The van der Waals surface area contributed by atoms with E-state index in [1.165, 1.54) is 24.4 Å². The molecule has 1 N–H and O–H groups in total. The normalized spacial score (nSPS) is 11.5. The average Bonchev–Trinajstić information content (AvgIpc) is 2.73. The zero-order valence-corrected chi connectivity index (χ0v) is 14.6. The third kappa shape index (κ3) is 4.34. The number of Topliss-reactive ketones (excluding diaryl/α,β-unsaturated/α-hetero) is 1. The minimum absolute atomic E-state index is 0.149. The van der Waals surface area contributed by atoms with Crippen molar-refractivity contribution in [3.8, 4) is 5.75 Å². The number of nitro benzene ring substituents is 1. The first-order chi connectivity index (χ1) is 13.6. The summed E-state index contributed by atoms with van der Waals surface area (Å²) in [6, 6.07) is 21.5. The van der Waals surface area contributed by atoms with E-state index in [-0.39, 0.29) is 11.5 Å². The summed E-state index contributed by atoms with van der Waals surface area (Å²) in [7, 11) is 0. The van der Waals surface area contributed by atoms with Crippen molar-refractivity contribution >= 4 is 23.4 Å². The van der Waals surface area contributed by atoms with Gasteiger partial charge in [0.2, 0.25) is 5.78 Å². The van der Waals surface area contributed by atoms with E-state index in [1.807, 2.05) is 12.1 Å². The zero-order chi connectivity index (χ0) is 19.9. The minimum atomic E-state index is -0.690. The maximum Gasteiger partial charge on any atom is 0.311 e. The lowest BCUT2D eigenvalue weighted by Crippen LogP contribution is -2.15. The van der Waals surface area contributed by atoms with Crippen molar-refractivity contribution in [3.05, 3.63) is 106 Å². The van der Waals surface area contributed by atoms with Crippen LogP contribution in [0.2, 0.25) is 0 Å². The fourth-order valence-electron chi connectivity index (χ4n) is 2.48. The number of aromatic hydroxyl groups is 1. The van der Waals surface area contributed by atoms with Gasteiger partial charge in [0.05, 0.1) is 11.1 Å². The lowest BCUT2D eigenvalue weighted by molar-refractivity contribution is -0.385. The third-order valence-electron chi connectivity index (χ3n) is 3.86. The van der Waals surface area contributed by atoms with Gasteiger partial charge in [0.15, 0.2) is 5.75 Å². The van der Waals surface area contributed by atoms with Crippen LogP contribution in [0.25, 0.3) is 0 Å². The summed E-state index contributed by atoms with van der Waals surface area (Å²) in [6.07, 6.45) is 1.29. The molecular formula is C21H15N3O4. The topological polar surface area (TPSA) is 105 Å². The van der Waals surface area contributed by atoms with Crippen molar-refractivity contribution in [2.45, 2.75) is 0 Å². The molecule has 0 radical (unpaired) electrons. The number of nitrogens with zero attached hydrogens (tertiary/aromatic N) is 3. The van der Waals surface area contributed by atoms with Crippen molar-refractivity contribution in [2.24, 2.45) is 10.2 Å². The van der Waals surface area contributed by atoms with Crippen LogP contribution in [0.1, 0.15) is 21.5 Å². The van der Waals surface area contributed by atoms with E-state index in [1.54, 1.807) is 48.5 Å². The molecule has 0 aliphatic rings. The van der Waals surface area contributed by atoms with Crippen molar-refractivity contribution in [1.82, 2.24) is 0 Å². The highest BCUT2D eigenvalue weighted by Crippen LogP contribution is 2.25. The van der Waals surface area contributed by atoms with Gasteiger partial charge in [0, 0.05) is 22.8 Å². The Kier molecular flexibility index (Phi) is 5.66. The summed E-state index contributed by atoms with van der Waals surface area (Å²) >= 11 is 0. The molecule has 3 rings (SSSR count). The van der Waals surface area contributed by atoms with Crippen LogP contribution in [0, 0.1) is 10.1 Å². The van der Waals surface area contributed by atoms with Gasteiger partial charge in [-0.25, -0.2) is 0 Å². The highest BCUT2D eigenvalue weighted by atomic mass is 16.6. The number of carbonyl (C=O) groups excluding carboxylic acids is 1. The molecule has 0 atom stereocenters. The predicted octanol–water partition coefficient (Wildman–Crippen LogP) is 4.01. The number of ketones is 1. The van der Waals surface area contributed by atoms with Gasteiger partial charge in [0.1, 0.15) is 5.71 Å². The summed E-state index contributed by atoms with van der Waals surface area (Å²) in [6.45, 7) is 0. The number of hydrogen-bond acceptors (Lipinski definition) is 6. The molecule has 0 aromatic heterocycles. The van der Waals surface area contributed by atoms with Gasteiger partial charge in [-0.1, -0.05) is 60.7 Å². The molecule has 0 aliphatic carbocycles. The van der Waals surface area contributed by atoms with E-state index in [0.717, 1.165) is 0 Å². The number of rotatable bonds is 6. The van der Waals surface area contributed by atoms with E-state index >= 15 is 0 Å². The van der Waals surface area contributed by atoms with Gasteiger partial charge in [-0.2, -0.15) is 5.10 Å². The van der Waals surface area contributed by atoms with Gasteiger partial charge in [-0.3, -0.25) is 14.9 Å². The van der Waals surface area contributed by atoms with Crippen LogP contribution in [0.3, 0.4) is 0 Å². The first-order valence-electron chi connectivity index (χ1n) is 8.30. The molecular weight excluding hydrogens is 358 g/mol. The Hall–Kier alpha value is -4.13. The molecule has 0 unspecified atom stereocenters. The molecule has 7 nitrogen and oxygen atoms in total. The predicted molar refractivity (Wildman–Crippen MR) is 106 cm³/mol. The van der Waals surface area contributed by atoms with Crippen molar-refractivity contribution in [3.63, 3.8) is 0 Å². The Balaban J connectivity index is 1.96. The maximum atomic E-state index is 12.8. The Morgan fingerprint density at radius 3 is 2.14 bits per heavy atom. The summed E-state index contributed by atoms with van der Waals surface area (Å²) < 4.78 is 0. The lowest BCUT2D eigenvalue weighted by Gasteiger charge is -2.04. The minimum Gasteiger partial charge on any atom is -0.502 e. The molecule has 0 aliphatic heterocycles. The van der Waals surface area contributed by atoms with Gasteiger partial charge < -0.3 is 5.11 Å². The quantitative estimate of drug-likeness (QED) is 0.305. The molecule has 7 heteroatoms. The highest BCUT2D eigenvalue weighted by molar-refractivity contribution is 6.51. The largest absolute Gasteiger partial charge is 0.502 e. The number of phenols is 1. The second-order valence-corrected chi connectivity index (χ2v) is 5.76. The third-order valence-corrected chi connectivity index (χ3v) is 3.86. The van der Waals surface area contributed by atoms with Crippen molar-refractivity contribution in [2.75, 3.05) is 0 Å². The van der Waals surface area contributed by atoms with E-state index in [0.29, 0.717) is 16.7 Å². The second kappa shape index (κ2) is 8.50. The van der Waals surface area contributed by atoms with Crippen molar-refractivity contribution < 1.29 is 14.8 Å². The molecule has 0 saturated heterocycles. The number of hydrogen-bond donors (Lipinski definition) is 1. The van der Waals surface area contributed by atoms with Crippen LogP contribution >= 0.6 is 0 Å². The first-order valence-corrected chi connectivity index (χ1v) is 8.30. The van der Waals surface area contributed by atoms with Gasteiger partial charge in [-0.05, 0) is 12.1 Å². The van der Waals surface area contributed by atoms with Crippen LogP contribution in [0.5, 0.6) is 5.75 Å². The van der Waals surface area contributed by atoms with Crippen LogP contribution < -0.4 is 0 Å². The number of carbonyl (C=O) groups is 1. The summed E-state index contributed by atoms with van der Waals surface area (Å²) in [5.41, 5.74) is 1.16. The smallest absolute Gasteiger partial charge is 0.311 e. The number of benzene rings is 3.